The van der Waals surface area contributed by atoms with Gasteiger partial charge in [0, 0.05) is 34.3 Å². The Balaban J connectivity index is 1.57. The standard InChI is InChI=1S/C27H22FN3O2S/c1-16(15-24(32)33)30-27-31-25(26(34-27)22-3-2-4-23-21(22)13-14-29-23)19-7-5-17(6-8-19)18-9-11-20(28)12-10-18/h2-14,16,29H,15H2,1H3,(H,30,31)(H,32,33). The Morgan fingerprint density at radius 2 is 1.71 bits per heavy atom. The lowest BCUT2D eigenvalue weighted by molar-refractivity contribution is -0.137. The van der Waals surface area contributed by atoms with Gasteiger partial charge in [-0.1, -0.05) is 59.9 Å². The summed E-state index contributed by atoms with van der Waals surface area (Å²) in [7, 11) is 0. The van der Waals surface area contributed by atoms with Crippen LogP contribution in [-0.4, -0.2) is 27.1 Å². The Morgan fingerprint density at radius 1 is 1.03 bits per heavy atom. The van der Waals surface area contributed by atoms with Crippen molar-refractivity contribution >= 4 is 33.3 Å². The summed E-state index contributed by atoms with van der Waals surface area (Å²) >= 11 is 1.51. The second kappa shape index (κ2) is 9.11. The summed E-state index contributed by atoms with van der Waals surface area (Å²) in [5.41, 5.74) is 5.80. The molecule has 0 radical (unpaired) electrons. The van der Waals surface area contributed by atoms with Gasteiger partial charge < -0.3 is 15.4 Å². The third-order valence-electron chi connectivity index (χ3n) is 5.65. The molecular weight excluding hydrogens is 449 g/mol. The molecule has 5 nitrogen and oxygen atoms in total. The highest BCUT2D eigenvalue weighted by Gasteiger charge is 2.19. The minimum Gasteiger partial charge on any atom is -0.481 e. The van der Waals surface area contributed by atoms with Gasteiger partial charge >= 0.3 is 5.97 Å². The summed E-state index contributed by atoms with van der Waals surface area (Å²) in [5, 5.41) is 14.1. The van der Waals surface area contributed by atoms with E-state index in [2.05, 4.69) is 16.4 Å². The number of carbonyl (C=O) groups is 1. The first-order chi connectivity index (χ1) is 16.5. The van der Waals surface area contributed by atoms with Crippen LogP contribution >= 0.6 is 11.3 Å². The number of nitrogens with zero attached hydrogens (tertiary/aromatic N) is 1. The molecule has 0 spiro atoms. The number of hydrogen-bond acceptors (Lipinski definition) is 4. The number of benzene rings is 3. The fraction of sp³-hybridized carbons (Fsp3) is 0.111. The molecule has 3 aromatic carbocycles. The fourth-order valence-electron chi connectivity index (χ4n) is 4.03. The molecule has 0 amide bonds. The van der Waals surface area contributed by atoms with E-state index in [1.165, 1.54) is 23.5 Å². The molecule has 2 aromatic heterocycles. The van der Waals surface area contributed by atoms with Crippen molar-refractivity contribution in [1.29, 1.82) is 0 Å². The number of carboxylic acid groups (broad SMARTS) is 1. The summed E-state index contributed by atoms with van der Waals surface area (Å²) in [6.45, 7) is 1.83. The normalized spacial score (nSPS) is 12.1. The maximum absolute atomic E-state index is 13.3. The van der Waals surface area contributed by atoms with Crippen LogP contribution in [-0.2, 0) is 4.79 Å². The summed E-state index contributed by atoms with van der Waals surface area (Å²) in [5.74, 6) is -1.12. The summed E-state index contributed by atoms with van der Waals surface area (Å²) < 4.78 is 13.3. The van der Waals surface area contributed by atoms with Crippen molar-refractivity contribution in [2.75, 3.05) is 5.32 Å². The number of thiazole rings is 1. The number of hydrogen-bond donors (Lipinski definition) is 3. The van der Waals surface area contributed by atoms with Crippen molar-refractivity contribution in [2.24, 2.45) is 0 Å². The minimum atomic E-state index is -0.856. The van der Waals surface area contributed by atoms with E-state index in [4.69, 9.17) is 10.1 Å². The first-order valence-electron chi connectivity index (χ1n) is 10.9. The number of aliphatic carboxylic acids is 1. The van der Waals surface area contributed by atoms with Crippen LogP contribution in [0.2, 0.25) is 0 Å². The van der Waals surface area contributed by atoms with Gasteiger partial charge in [0.05, 0.1) is 17.0 Å². The highest BCUT2D eigenvalue weighted by molar-refractivity contribution is 7.19. The van der Waals surface area contributed by atoms with Gasteiger partial charge in [0.2, 0.25) is 0 Å². The molecule has 0 saturated carbocycles. The molecule has 0 saturated heterocycles. The van der Waals surface area contributed by atoms with Crippen LogP contribution in [0.5, 0.6) is 0 Å². The van der Waals surface area contributed by atoms with Crippen LogP contribution in [0, 0.1) is 5.82 Å². The lowest BCUT2D eigenvalue weighted by atomic mass is 10.0. The summed E-state index contributed by atoms with van der Waals surface area (Å²) in [6, 6.07) is 22.4. The number of aromatic amines is 1. The molecule has 0 aliphatic carbocycles. The third kappa shape index (κ3) is 4.43. The minimum absolute atomic E-state index is 0.00397. The van der Waals surface area contributed by atoms with Gasteiger partial charge in [-0.25, -0.2) is 9.37 Å². The van der Waals surface area contributed by atoms with Crippen LogP contribution in [0.4, 0.5) is 9.52 Å². The number of nitrogens with one attached hydrogen (secondary N) is 2. The zero-order valence-electron chi connectivity index (χ0n) is 18.4. The molecule has 0 aliphatic heterocycles. The average molecular weight is 472 g/mol. The van der Waals surface area contributed by atoms with Crippen LogP contribution in [0.1, 0.15) is 13.3 Å². The molecule has 1 atom stereocenters. The Kier molecular flexibility index (Phi) is 5.86. The van der Waals surface area contributed by atoms with E-state index in [0.29, 0.717) is 5.13 Å². The first-order valence-corrected chi connectivity index (χ1v) is 11.7. The fourth-order valence-corrected chi connectivity index (χ4v) is 5.17. The smallest absolute Gasteiger partial charge is 0.305 e. The van der Waals surface area contributed by atoms with Crippen molar-refractivity contribution in [2.45, 2.75) is 19.4 Å². The van der Waals surface area contributed by atoms with Crippen molar-refractivity contribution in [1.82, 2.24) is 9.97 Å². The number of anilines is 1. The maximum Gasteiger partial charge on any atom is 0.305 e. The van der Waals surface area contributed by atoms with Gasteiger partial charge in [-0.15, -0.1) is 0 Å². The topological polar surface area (TPSA) is 78.0 Å². The number of fused-ring (bicyclic) bond motifs is 1. The second-order valence-corrected chi connectivity index (χ2v) is 9.17. The van der Waals surface area contributed by atoms with Crippen LogP contribution in [0.3, 0.4) is 0 Å². The molecular formula is C27H22FN3O2S. The molecule has 0 fully saturated rings. The van der Waals surface area contributed by atoms with Crippen molar-refractivity contribution in [3.63, 3.8) is 0 Å². The highest BCUT2D eigenvalue weighted by atomic mass is 32.1. The number of carboxylic acids is 1. The first kappa shape index (κ1) is 21.9. The molecule has 34 heavy (non-hydrogen) atoms. The van der Waals surface area contributed by atoms with Crippen LogP contribution in [0.15, 0.2) is 79.0 Å². The van der Waals surface area contributed by atoms with Crippen LogP contribution in [0.25, 0.3) is 43.7 Å². The Hall–Kier alpha value is -3.97. The Bertz CT molecular complexity index is 1460. The number of aromatic nitrogens is 2. The van der Waals surface area contributed by atoms with E-state index in [-0.39, 0.29) is 18.3 Å². The van der Waals surface area contributed by atoms with Crippen molar-refractivity contribution in [3.05, 3.63) is 84.8 Å². The average Bonchev–Trinajstić information content (AvgIpc) is 3.46. The van der Waals surface area contributed by atoms with Gasteiger partial charge in [0.15, 0.2) is 5.13 Å². The van der Waals surface area contributed by atoms with Crippen LogP contribution < -0.4 is 5.32 Å². The molecule has 7 heteroatoms. The zero-order chi connectivity index (χ0) is 23.7. The van der Waals surface area contributed by atoms with Crippen molar-refractivity contribution in [3.8, 4) is 32.8 Å². The highest BCUT2D eigenvalue weighted by Crippen LogP contribution is 2.42. The van der Waals surface area contributed by atoms with Gasteiger partial charge in [-0.05, 0) is 42.3 Å². The van der Waals surface area contributed by atoms with E-state index in [0.717, 1.165) is 43.7 Å². The molecule has 170 valence electrons. The van der Waals surface area contributed by atoms with E-state index < -0.39 is 5.97 Å². The SMILES string of the molecule is CC(CC(=O)O)Nc1nc(-c2ccc(-c3ccc(F)cc3)cc2)c(-c2cccc3[nH]ccc23)s1. The van der Waals surface area contributed by atoms with Gasteiger partial charge in [-0.2, -0.15) is 0 Å². The predicted octanol–water partition coefficient (Wildman–Crippen LogP) is 7.04. The molecule has 3 N–H and O–H groups in total. The molecule has 5 rings (SSSR count). The molecule has 5 aromatic rings. The lowest BCUT2D eigenvalue weighted by Crippen LogP contribution is -2.19. The zero-order valence-corrected chi connectivity index (χ0v) is 19.2. The van der Waals surface area contributed by atoms with Gasteiger partial charge in [-0.3, -0.25) is 4.79 Å². The summed E-state index contributed by atoms with van der Waals surface area (Å²) in [6.07, 6.45) is 1.92. The monoisotopic (exact) mass is 471 g/mol. The maximum atomic E-state index is 13.3. The number of H-pyrrole nitrogens is 1. The summed E-state index contributed by atoms with van der Waals surface area (Å²) in [4.78, 5) is 20.2. The number of halogens is 1. The molecule has 0 bridgehead atoms. The lowest BCUT2D eigenvalue weighted by Gasteiger charge is -2.09. The third-order valence-corrected chi connectivity index (χ3v) is 6.67. The van der Waals surface area contributed by atoms with E-state index in [1.54, 1.807) is 12.1 Å². The molecule has 2 heterocycles. The largest absolute Gasteiger partial charge is 0.481 e. The van der Waals surface area contributed by atoms with E-state index >= 15 is 0 Å². The number of rotatable bonds is 7. The Morgan fingerprint density at radius 3 is 2.41 bits per heavy atom. The van der Waals surface area contributed by atoms with E-state index in [1.807, 2.05) is 55.6 Å². The van der Waals surface area contributed by atoms with Gasteiger partial charge in [0.25, 0.3) is 0 Å². The second-order valence-electron chi connectivity index (χ2n) is 8.17. The van der Waals surface area contributed by atoms with Gasteiger partial charge in [0.1, 0.15) is 5.82 Å². The quantitative estimate of drug-likeness (QED) is 0.238. The van der Waals surface area contributed by atoms with E-state index in [9.17, 15) is 9.18 Å². The molecule has 1 unspecified atom stereocenters. The molecule has 0 aliphatic rings. The predicted molar refractivity (Wildman–Crippen MR) is 136 cm³/mol. The van der Waals surface area contributed by atoms with Crippen molar-refractivity contribution < 1.29 is 14.3 Å². The Labute approximate surface area is 199 Å².